The van der Waals surface area contributed by atoms with E-state index < -0.39 is 9.84 Å². The number of aryl methyl sites for hydroxylation is 1. The van der Waals surface area contributed by atoms with Crippen LogP contribution < -0.4 is 5.73 Å². The Morgan fingerprint density at radius 2 is 2.24 bits per heavy atom. The monoisotopic (exact) mass is 255 g/mol. The Kier molecular flexibility index (Phi) is 3.40. The molecule has 1 aliphatic rings. The molecule has 2 rings (SSSR count). The largest absolute Gasteiger partial charge is 0.399 e. The molecule has 1 atom stereocenters. The number of nitrogen functional groups attached to an aromatic ring is 1. The second kappa shape index (κ2) is 4.66. The molecule has 4 nitrogen and oxygen atoms in total. The van der Waals surface area contributed by atoms with Crippen LogP contribution in [0.5, 0.6) is 0 Å². The molecule has 0 aliphatic carbocycles. The average molecular weight is 255 g/mol. The first-order valence-electron chi connectivity index (χ1n) is 5.65. The Labute approximate surface area is 102 Å². The fourth-order valence-electron chi connectivity index (χ4n) is 2.14. The summed E-state index contributed by atoms with van der Waals surface area (Å²) in [6.45, 7) is 2.99. The summed E-state index contributed by atoms with van der Waals surface area (Å²) >= 11 is 0. The highest BCUT2D eigenvalue weighted by Crippen LogP contribution is 2.23. The lowest BCUT2D eigenvalue weighted by Crippen LogP contribution is -2.17. The maximum absolute atomic E-state index is 12.2. The van der Waals surface area contributed by atoms with E-state index in [2.05, 4.69) is 0 Å². The molecule has 0 aromatic heterocycles. The maximum atomic E-state index is 12.2. The van der Waals surface area contributed by atoms with Gasteiger partial charge < -0.3 is 10.5 Å². The number of sulfone groups is 1. The van der Waals surface area contributed by atoms with E-state index in [4.69, 9.17) is 10.5 Å². The van der Waals surface area contributed by atoms with Crippen LogP contribution in [0, 0.1) is 12.8 Å². The van der Waals surface area contributed by atoms with Crippen molar-refractivity contribution in [1.29, 1.82) is 0 Å². The van der Waals surface area contributed by atoms with Crippen LogP contribution in [0.15, 0.2) is 23.1 Å². The normalized spacial score (nSPS) is 20.6. The first-order chi connectivity index (χ1) is 7.99. The topological polar surface area (TPSA) is 69.4 Å². The second-order valence-electron chi connectivity index (χ2n) is 4.54. The van der Waals surface area contributed by atoms with E-state index in [1.807, 2.05) is 0 Å². The number of hydrogen-bond donors (Lipinski definition) is 1. The van der Waals surface area contributed by atoms with Gasteiger partial charge in [0.2, 0.25) is 0 Å². The first kappa shape index (κ1) is 12.4. The van der Waals surface area contributed by atoms with E-state index >= 15 is 0 Å². The zero-order valence-corrected chi connectivity index (χ0v) is 10.7. The molecule has 1 aromatic carbocycles. The molecular weight excluding hydrogens is 238 g/mol. The van der Waals surface area contributed by atoms with Crippen molar-refractivity contribution in [3.8, 4) is 0 Å². The molecule has 0 saturated carbocycles. The van der Waals surface area contributed by atoms with E-state index in [9.17, 15) is 8.42 Å². The summed E-state index contributed by atoms with van der Waals surface area (Å²) in [5, 5.41) is 0. The number of ether oxygens (including phenoxy) is 1. The lowest BCUT2D eigenvalue weighted by molar-refractivity contribution is 0.188. The van der Waals surface area contributed by atoms with Crippen LogP contribution in [-0.4, -0.2) is 27.4 Å². The van der Waals surface area contributed by atoms with Crippen LogP contribution in [0.2, 0.25) is 0 Å². The van der Waals surface area contributed by atoms with Crippen molar-refractivity contribution in [2.24, 2.45) is 5.92 Å². The van der Waals surface area contributed by atoms with Crippen LogP contribution in [0.4, 0.5) is 5.69 Å². The van der Waals surface area contributed by atoms with Gasteiger partial charge in [0.15, 0.2) is 9.84 Å². The Hall–Kier alpha value is -1.07. The first-order valence-corrected chi connectivity index (χ1v) is 7.31. The summed E-state index contributed by atoms with van der Waals surface area (Å²) in [6.07, 6.45) is 0.827. The van der Waals surface area contributed by atoms with E-state index in [1.54, 1.807) is 25.1 Å². The molecule has 1 aliphatic heterocycles. The van der Waals surface area contributed by atoms with Gasteiger partial charge in [-0.15, -0.1) is 0 Å². The zero-order chi connectivity index (χ0) is 12.5. The Morgan fingerprint density at radius 3 is 2.82 bits per heavy atom. The van der Waals surface area contributed by atoms with Crippen molar-refractivity contribution >= 4 is 15.5 Å². The fourth-order valence-corrected chi connectivity index (χ4v) is 4.02. The van der Waals surface area contributed by atoms with Gasteiger partial charge in [0, 0.05) is 12.3 Å². The van der Waals surface area contributed by atoms with E-state index in [1.165, 1.54) is 0 Å². The summed E-state index contributed by atoms with van der Waals surface area (Å²) < 4.78 is 29.7. The molecular formula is C12H17NO3S. The highest BCUT2D eigenvalue weighted by atomic mass is 32.2. The molecule has 1 heterocycles. The minimum Gasteiger partial charge on any atom is -0.399 e. The van der Waals surface area contributed by atoms with E-state index in [0.717, 1.165) is 6.42 Å². The van der Waals surface area contributed by atoms with Gasteiger partial charge in [0.05, 0.1) is 17.3 Å². The molecule has 17 heavy (non-hydrogen) atoms. The molecule has 5 heteroatoms. The molecule has 0 bridgehead atoms. The predicted octanol–water partition coefficient (Wildman–Crippen LogP) is 1.39. The van der Waals surface area contributed by atoms with Gasteiger partial charge in [-0.3, -0.25) is 0 Å². The van der Waals surface area contributed by atoms with Crippen molar-refractivity contribution in [1.82, 2.24) is 0 Å². The summed E-state index contributed by atoms with van der Waals surface area (Å²) in [6, 6.07) is 4.92. The molecule has 0 spiro atoms. The second-order valence-corrected chi connectivity index (χ2v) is 6.54. The fraction of sp³-hybridized carbons (Fsp3) is 0.500. The Bertz CT molecular complexity index is 504. The van der Waals surface area contributed by atoms with Crippen molar-refractivity contribution < 1.29 is 13.2 Å². The van der Waals surface area contributed by atoms with Crippen LogP contribution in [0.3, 0.4) is 0 Å². The Balaban J connectivity index is 2.24. The maximum Gasteiger partial charge on any atom is 0.179 e. The van der Waals surface area contributed by atoms with Gasteiger partial charge in [-0.05, 0) is 43.0 Å². The molecule has 2 N–H and O–H groups in total. The third-order valence-electron chi connectivity index (χ3n) is 3.01. The molecule has 0 amide bonds. The van der Waals surface area contributed by atoms with Crippen molar-refractivity contribution in [2.45, 2.75) is 18.2 Å². The Morgan fingerprint density at radius 1 is 1.47 bits per heavy atom. The smallest absolute Gasteiger partial charge is 0.179 e. The summed E-state index contributed by atoms with van der Waals surface area (Å²) in [7, 11) is -3.23. The van der Waals surface area contributed by atoms with Crippen LogP contribution in [0.1, 0.15) is 12.0 Å². The van der Waals surface area contributed by atoms with E-state index in [-0.39, 0.29) is 11.7 Å². The lowest BCUT2D eigenvalue weighted by Gasteiger charge is -2.11. The van der Waals surface area contributed by atoms with Crippen LogP contribution >= 0.6 is 0 Å². The van der Waals surface area contributed by atoms with Gasteiger partial charge in [-0.25, -0.2) is 8.42 Å². The van der Waals surface area contributed by atoms with Crippen molar-refractivity contribution in [3.05, 3.63) is 23.8 Å². The molecule has 1 fully saturated rings. The minimum absolute atomic E-state index is 0.122. The third-order valence-corrected chi connectivity index (χ3v) is 5.05. The third kappa shape index (κ3) is 2.79. The predicted molar refractivity (Wildman–Crippen MR) is 66.6 cm³/mol. The molecule has 0 radical (unpaired) electrons. The summed E-state index contributed by atoms with van der Waals surface area (Å²) in [4.78, 5) is 0.388. The SMILES string of the molecule is Cc1cc(N)ccc1S(=O)(=O)CC1CCOC1. The minimum atomic E-state index is -3.23. The average Bonchev–Trinajstić information content (AvgIpc) is 2.68. The van der Waals surface area contributed by atoms with Gasteiger partial charge in [0.25, 0.3) is 0 Å². The van der Waals surface area contributed by atoms with Gasteiger partial charge in [-0.1, -0.05) is 0 Å². The van der Waals surface area contributed by atoms with Gasteiger partial charge >= 0.3 is 0 Å². The number of benzene rings is 1. The highest BCUT2D eigenvalue weighted by molar-refractivity contribution is 7.91. The number of nitrogens with two attached hydrogens (primary N) is 1. The van der Waals surface area contributed by atoms with Crippen molar-refractivity contribution in [2.75, 3.05) is 24.7 Å². The number of hydrogen-bond acceptors (Lipinski definition) is 4. The van der Waals surface area contributed by atoms with Crippen molar-refractivity contribution in [3.63, 3.8) is 0 Å². The summed E-state index contributed by atoms with van der Waals surface area (Å²) in [5.74, 6) is 0.287. The quantitative estimate of drug-likeness (QED) is 0.829. The standard InChI is InChI=1S/C12H17NO3S/c1-9-6-11(13)2-3-12(9)17(14,15)8-10-4-5-16-7-10/h2-3,6,10H,4-5,7-8,13H2,1H3. The molecule has 1 unspecified atom stereocenters. The summed E-state index contributed by atoms with van der Waals surface area (Å²) in [5.41, 5.74) is 6.92. The van der Waals surface area contributed by atoms with E-state index in [0.29, 0.717) is 29.4 Å². The number of anilines is 1. The van der Waals surface area contributed by atoms with Crippen LogP contribution in [-0.2, 0) is 14.6 Å². The molecule has 1 saturated heterocycles. The van der Waals surface area contributed by atoms with Crippen LogP contribution in [0.25, 0.3) is 0 Å². The van der Waals surface area contributed by atoms with Gasteiger partial charge in [-0.2, -0.15) is 0 Å². The molecule has 94 valence electrons. The molecule has 1 aromatic rings. The lowest BCUT2D eigenvalue weighted by atomic mass is 10.2. The van der Waals surface area contributed by atoms with Gasteiger partial charge in [0.1, 0.15) is 0 Å². The number of rotatable bonds is 3. The highest BCUT2D eigenvalue weighted by Gasteiger charge is 2.25. The zero-order valence-electron chi connectivity index (χ0n) is 9.85.